The lowest BCUT2D eigenvalue weighted by molar-refractivity contribution is -0.114. The molecule has 0 fully saturated rings. The summed E-state index contributed by atoms with van der Waals surface area (Å²) in [5.74, 6) is 1.08. The van der Waals surface area contributed by atoms with Crippen molar-refractivity contribution in [2.45, 2.75) is 19.4 Å². The fourth-order valence-corrected chi connectivity index (χ4v) is 2.07. The van der Waals surface area contributed by atoms with Gasteiger partial charge in [0.15, 0.2) is 0 Å². The second-order valence-corrected chi connectivity index (χ2v) is 5.46. The molecule has 0 radical (unpaired) electrons. The molecule has 0 spiro atoms. The molecule has 2 N–H and O–H groups in total. The summed E-state index contributed by atoms with van der Waals surface area (Å²) in [5, 5.41) is 21.2. The Morgan fingerprint density at radius 1 is 1.08 bits per heavy atom. The van der Waals surface area contributed by atoms with E-state index in [2.05, 4.69) is 11.4 Å². The van der Waals surface area contributed by atoms with E-state index in [0.29, 0.717) is 23.6 Å². The zero-order valence-corrected chi connectivity index (χ0v) is 13.9. The van der Waals surface area contributed by atoms with Crippen LogP contribution < -0.4 is 14.8 Å². The summed E-state index contributed by atoms with van der Waals surface area (Å²) in [6.45, 7) is 1.63. The van der Waals surface area contributed by atoms with Gasteiger partial charge in [0.2, 0.25) is 5.91 Å². The van der Waals surface area contributed by atoms with Crippen molar-refractivity contribution in [3.8, 4) is 17.6 Å². The highest BCUT2D eigenvalue weighted by molar-refractivity contribution is 5.88. The number of amides is 1. The van der Waals surface area contributed by atoms with Gasteiger partial charge in [-0.25, -0.2) is 0 Å². The third kappa shape index (κ3) is 6.53. The van der Waals surface area contributed by atoms with Gasteiger partial charge in [-0.2, -0.15) is 5.26 Å². The van der Waals surface area contributed by atoms with Crippen molar-refractivity contribution in [1.29, 1.82) is 5.26 Å². The van der Waals surface area contributed by atoms with E-state index >= 15 is 0 Å². The first-order valence-electron chi connectivity index (χ1n) is 7.84. The van der Waals surface area contributed by atoms with Crippen LogP contribution >= 0.6 is 0 Å². The number of aliphatic hydroxyl groups excluding tert-OH is 1. The van der Waals surface area contributed by atoms with Gasteiger partial charge in [0, 0.05) is 12.6 Å². The summed E-state index contributed by atoms with van der Waals surface area (Å²) in [4.78, 5) is 10.9. The third-order valence-electron chi connectivity index (χ3n) is 3.27. The van der Waals surface area contributed by atoms with Crippen LogP contribution in [0.2, 0.25) is 0 Å². The normalized spacial score (nSPS) is 11.2. The molecule has 0 aliphatic carbocycles. The van der Waals surface area contributed by atoms with E-state index in [0.717, 1.165) is 5.56 Å². The molecule has 0 bridgehead atoms. The molecule has 6 nitrogen and oxygen atoms in total. The van der Waals surface area contributed by atoms with Crippen LogP contribution in [-0.2, 0) is 11.2 Å². The van der Waals surface area contributed by atoms with E-state index in [-0.39, 0.29) is 19.1 Å². The summed E-state index contributed by atoms with van der Waals surface area (Å²) in [5.41, 5.74) is 1.60. The molecule has 0 saturated heterocycles. The van der Waals surface area contributed by atoms with E-state index in [9.17, 15) is 9.90 Å². The number of carbonyl (C=O) groups excluding carboxylic acids is 1. The first-order chi connectivity index (χ1) is 12.1. The van der Waals surface area contributed by atoms with Crippen LogP contribution in [0.15, 0.2) is 48.5 Å². The molecule has 0 aromatic heterocycles. The Labute approximate surface area is 146 Å². The van der Waals surface area contributed by atoms with E-state index in [1.807, 2.05) is 12.1 Å². The first kappa shape index (κ1) is 18.3. The molecule has 1 atom stereocenters. The number of rotatable bonds is 8. The lowest BCUT2D eigenvalue weighted by Crippen LogP contribution is -2.25. The Hall–Kier alpha value is -3.04. The third-order valence-corrected chi connectivity index (χ3v) is 3.27. The second-order valence-electron chi connectivity index (χ2n) is 5.46. The maximum absolute atomic E-state index is 10.9. The monoisotopic (exact) mass is 340 g/mol. The average Bonchev–Trinajstić information content (AvgIpc) is 2.60. The molecule has 2 aromatic rings. The minimum absolute atomic E-state index is 0.0893. The highest BCUT2D eigenvalue weighted by Gasteiger charge is 2.07. The summed E-state index contributed by atoms with van der Waals surface area (Å²) in [7, 11) is 0. The minimum atomic E-state index is -0.784. The number of nitriles is 1. The SMILES string of the molecule is CC(=O)Nc1ccc(OC[C@H](O)COc2ccc(CC#N)cc2)cc1. The molecule has 2 rings (SSSR count). The smallest absolute Gasteiger partial charge is 0.221 e. The minimum Gasteiger partial charge on any atom is -0.491 e. The molecule has 0 aliphatic rings. The largest absolute Gasteiger partial charge is 0.491 e. The van der Waals surface area contributed by atoms with Crippen LogP contribution in [0.25, 0.3) is 0 Å². The Balaban J connectivity index is 1.74. The van der Waals surface area contributed by atoms with Crippen LogP contribution in [0.3, 0.4) is 0 Å². The predicted octanol–water partition coefficient (Wildman–Crippen LogP) is 2.53. The zero-order valence-electron chi connectivity index (χ0n) is 13.9. The van der Waals surface area contributed by atoms with Gasteiger partial charge in [-0.1, -0.05) is 12.1 Å². The van der Waals surface area contributed by atoms with Gasteiger partial charge in [-0.3, -0.25) is 4.79 Å². The highest BCUT2D eigenvalue weighted by Crippen LogP contribution is 2.16. The number of nitrogens with zero attached hydrogens (tertiary/aromatic N) is 1. The quantitative estimate of drug-likeness (QED) is 0.770. The lowest BCUT2D eigenvalue weighted by Gasteiger charge is -2.14. The van der Waals surface area contributed by atoms with Crippen molar-refractivity contribution in [1.82, 2.24) is 0 Å². The van der Waals surface area contributed by atoms with Crippen LogP contribution in [0.4, 0.5) is 5.69 Å². The van der Waals surface area contributed by atoms with Crippen molar-refractivity contribution < 1.29 is 19.4 Å². The van der Waals surface area contributed by atoms with Crippen LogP contribution in [0.1, 0.15) is 12.5 Å². The lowest BCUT2D eigenvalue weighted by atomic mass is 10.2. The molecule has 130 valence electrons. The van der Waals surface area contributed by atoms with E-state index in [1.165, 1.54) is 6.92 Å². The first-order valence-corrected chi connectivity index (χ1v) is 7.84. The Bertz CT molecular complexity index is 721. The van der Waals surface area contributed by atoms with Crippen molar-refractivity contribution in [2.75, 3.05) is 18.5 Å². The summed E-state index contributed by atoms with van der Waals surface area (Å²) in [6, 6.07) is 16.1. The molecular formula is C19H20N2O4. The van der Waals surface area contributed by atoms with E-state index < -0.39 is 6.10 Å². The molecule has 2 aromatic carbocycles. The van der Waals surface area contributed by atoms with Gasteiger partial charge in [-0.15, -0.1) is 0 Å². The molecule has 25 heavy (non-hydrogen) atoms. The van der Waals surface area contributed by atoms with Gasteiger partial charge in [0.05, 0.1) is 12.5 Å². The average molecular weight is 340 g/mol. The fourth-order valence-electron chi connectivity index (χ4n) is 2.07. The number of nitrogens with one attached hydrogen (secondary N) is 1. The summed E-state index contributed by atoms with van der Waals surface area (Å²) < 4.78 is 11.0. The van der Waals surface area contributed by atoms with Crippen LogP contribution in [-0.4, -0.2) is 30.3 Å². The van der Waals surface area contributed by atoms with E-state index in [4.69, 9.17) is 14.7 Å². The molecule has 0 saturated carbocycles. The van der Waals surface area contributed by atoms with Gasteiger partial charge in [0.1, 0.15) is 30.8 Å². The number of ether oxygens (including phenoxy) is 2. The van der Waals surface area contributed by atoms with Crippen molar-refractivity contribution in [3.63, 3.8) is 0 Å². The summed E-state index contributed by atoms with van der Waals surface area (Å²) in [6.07, 6.45) is -0.425. The molecule has 0 unspecified atom stereocenters. The maximum Gasteiger partial charge on any atom is 0.221 e. The van der Waals surface area contributed by atoms with Crippen LogP contribution in [0, 0.1) is 11.3 Å². The van der Waals surface area contributed by atoms with Gasteiger partial charge in [0.25, 0.3) is 0 Å². The van der Waals surface area contributed by atoms with Crippen molar-refractivity contribution in [3.05, 3.63) is 54.1 Å². The molecular weight excluding hydrogens is 320 g/mol. The Morgan fingerprint density at radius 3 is 2.08 bits per heavy atom. The zero-order chi connectivity index (χ0) is 18.1. The standard InChI is InChI=1S/C19H20N2O4/c1-14(22)21-16-4-8-19(9-5-16)25-13-17(23)12-24-18-6-2-15(3-7-18)10-11-20/h2-9,17,23H,10,12-13H2,1H3,(H,21,22)/t17-/m1/s1. The molecule has 1 amide bonds. The Kier molecular flexibility index (Phi) is 6.81. The number of hydrogen-bond donors (Lipinski definition) is 2. The molecule has 0 heterocycles. The number of carbonyl (C=O) groups is 1. The Morgan fingerprint density at radius 2 is 1.60 bits per heavy atom. The van der Waals surface area contributed by atoms with E-state index in [1.54, 1.807) is 36.4 Å². The second kappa shape index (κ2) is 9.30. The van der Waals surface area contributed by atoms with Crippen molar-refractivity contribution >= 4 is 11.6 Å². The van der Waals surface area contributed by atoms with Gasteiger partial charge < -0.3 is 19.9 Å². The van der Waals surface area contributed by atoms with Crippen molar-refractivity contribution in [2.24, 2.45) is 0 Å². The summed E-state index contributed by atoms with van der Waals surface area (Å²) >= 11 is 0. The highest BCUT2D eigenvalue weighted by atomic mass is 16.5. The number of benzene rings is 2. The van der Waals surface area contributed by atoms with Crippen LogP contribution in [0.5, 0.6) is 11.5 Å². The molecule has 6 heteroatoms. The van der Waals surface area contributed by atoms with Gasteiger partial charge >= 0.3 is 0 Å². The maximum atomic E-state index is 10.9. The number of hydrogen-bond acceptors (Lipinski definition) is 5. The fraction of sp³-hybridized carbons (Fsp3) is 0.263. The predicted molar refractivity (Wildman–Crippen MR) is 93.5 cm³/mol. The molecule has 0 aliphatic heterocycles. The number of anilines is 1. The van der Waals surface area contributed by atoms with Gasteiger partial charge in [-0.05, 0) is 42.0 Å². The number of aliphatic hydroxyl groups is 1. The topological polar surface area (TPSA) is 91.6 Å².